The van der Waals surface area contributed by atoms with Gasteiger partial charge in [0.2, 0.25) is 0 Å². The van der Waals surface area contributed by atoms with Crippen LogP contribution in [0.3, 0.4) is 0 Å². The molecule has 2 N–H and O–H groups in total. The van der Waals surface area contributed by atoms with Crippen molar-refractivity contribution >= 4 is 40.2 Å². The van der Waals surface area contributed by atoms with Crippen molar-refractivity contribution in [2.75, 3.05) is 5.32 Å². The van der Waals surface area contributed by atoms with Gasteiger partial charge in [-0.2, -0.15) is 18.4 Å². The quantitative estimate of drug-likeness (QED) is 0.224. The lowest BCUT2D eigenvalue weighted by molar-refractivity contribution is -0.137. The summed E-state index contributed by atoms with van der Waals surface area (Å²) in [5, 5.41) is 12.4. The van der Waals surface area contributed by atoms with Crippen LogP contribution in [-0.4, -0.2) is 10.9 Å². The van der Waals surface area contributed by atoms with Crippen LogP contribution in [0.1, 0.15) is 16.7 Å². The number of carbonyl (C=O) groups is 1. The van der Waals surface area contributed by atoms with Crippen molar-refractivity contribution in [3.05, 3.63) is 100 Å². The fraction of sp³-hybridized carbons (Fsp3) is 0.0769. The first-order valence-corrected chi connectivity index (χ1v) is 10.7. The first-order chi connectivity index (χ1) is 16.7. The highest BCUT2D eigenvalue weighted by molar-refractivity contribution is 6.34. The second-order valence-corrected chi connectivity index (χ2v) is 7.95. The van der Waals surface area contributed by atoms with Gasteiger partial charge in [0.05, 0.1) is 16.3 Å². The molecule has 1 amide bonds. The molecule has 3 aromatic carbocycles. The lowest BCUT2D eigenvalue weighted by Crippen LogP contribution is -2.15. The molecule has 1 aromatic heterocycles. The predicted molar refractivity (Wildman–Crippen MR) is 128 cm³/mol. The van der Waals surface area contributed by atoms with E-state index in [4.69, 9.17) is 16.3 Å². The number of aromatic amines is 1. The number of nitrogens with one attached hydrogen (secondary N) is 2. The fourth-order valence-corrected chi connectivity index (χ4v) is 3.53. The number of rotatable bonds is 6. The van der Waals surface area contributed by atoms with Crippen LogP contribution in [0.5, 0.6) is 5.75 Å². The maximum Gasteiger partial charge on any atom is 0.416 e. The minimum absolute atomic E-state index is 0.0871. The van der Waals surface area contributed by atoms with E-state index < -0.39 is 17.6 Å². The van der Waals surface area contributed by atoms with Gasteiger partial charge in [-0.15, -0.1) is 0 Å². The first-order valence-electron chi connectivity index (χ1n) is 10.3. The highest BCUT2D eigenvalue weighted by atomic mass is 35.5. The number of alkyl halides is 3. The van der Waals surface area contributed by atoms with Crippen LogP contribution in [0.15, 0.2) is 78.5 Å². The summed E-state index contributed by atoms with van der Waals surface area (Å²) >= 11 is 5.95. The number of nitriles is 1. The zero-order chi connectivity index (χ0) is 25.0. The Hall–Kier alpha value is -4.22. The number of hydrogen-bond donors (Lipinski definition) is 2. The molecule has 176 valence electrons. The number of aromatic nitrogens is 1. The molecule has 0 aliphatic heterocycles. The Balaban J connectivity index is 1.57. The Kier molecular flexibility index (Phi) is 6.80. The van der Waals surface area contributed by atoms with Crippen molar-refractivity contribution in [1.82, 2.24) is 4.98 Å². The molecule has 0 saturated carbocycles. The van der Waals surface area contributed by atoms with E-state index in [0.717, 1.165) is 29.3 Å². The smallest absolute Gasteiger partial charge is 0.416 e. The molecule has 0 unspecified atom stereocenters. The summed E-state index contributed by atoms with van der Waals surface area (Å²) in [5.41, 5.74) is 0.755. The SMILES string of the molecule is N#C/C(=C\c1c[nH]c2ccc(OCc3ccccc3)cc12)C(=O)Nc1cc(C(F)(F)F)ccc1Cl. The van der Waals surface area contributed by atoms with Gasteiger partial charge in [-0.05, 0) is 48.0 Å². The van der Waals surface area contributed by atoms with Crippen molar-refractivity contribution < 1.29 is 22.7 Å². The second-order valence-electron chi connectivity index (χ2n) is 7.54. The molecule has 4 rings (SSSR count). The van der Waals surface area contributed by atoms with Gasteiger partial charge in [0.1, 0.15) is 24.0 Å². The highest BCUT2D eigenvalue weighted by Crippen LogP contribution is 2.34. The normalized spacial score (nSPS) is 11.8. The first kappa shape index (κ1) is 23.9. The van der Waals surface area contributed by atoms with Gasteiger partial charge < -0.3 is 15.0 Å². The van der Waals surface area contributed by atoms with E-state index in [1.54, 1.807) is 24.4 Å². The molecular formula is C26H17ClF3N3O2. The molecule has 9 heteroatoms. The molecule has 0 aliphatic rings. The van der Waals surface area contributed by atoms with E-state index in [-0.39, 0.29) is 16.3 Å². The third-order valence-corrected chi connectivity index (χ3v) is 5.47. The van der Waals surface area contributed by atoms with Crippen molar-refractivity contribution in [1.29, 1.82) is 5.26 Å². The van der Waals surface area contributed by atoms with E-state index in [1.165, 1.54) is 6.08 Å². The number of ether oxygens (including phenoxy) is 1. The Morgan fingerprint density at radius 3 is 2.60 bits per heavy atom. The maximum atomic E-state index is 13.0. The zero-order valence-corrected chi connectivity index (χ0v) is 18.7. The number of fused-ring (bicyclic) bond motifs is 1. The number of hydrogen-bond acceptors (Lipinski definition) is 3. The molecule has 0 spiro atoms. The number of H-pyrrole nitrogens is 1. The molecule has 0 bridgehead atoms. The number of benzene rings is 3. The monoisotopic (exact) mass is 495 g/mol. The van der Waals surface area contributed by atoms with Crippen LogP contribution in [0, 0.1) is 11.3 Å². The summed E-state index contributed by atoms with van der Waals surface area (Å²) in [6, 6.07) is 19.4. The number of carbonyl (C=O) groups excluding carboxylic acids is 1. The van der Waals surface area contributed by atoms with E-state index in [0.29, 0.717) is 23.3 Å². The molecule has 1 heterocycles. The van der Waals surface area contributed by atoms with Gasteiger partial charge in [0.25, 0.3) is 5.91 Å². The van der Waals surface area contributed by atoms with Crippen LogP contribution >= 0.6 is 11.6 Å². The summed E-state index contributed by atoms with van der Waals surface area (Å²) in [6.07, 6.45) is -1.65. The van der Waals surface area contributed by atoms with E-state index in [9.17, 15) is 23.2 Å². The molecule has 5 nitrogen and oxygen atoms in total. The number of nitrogens with zero attached hydrogens (tertiary/aromatic N) is 1. The molecular weight excluding hydrogens is 479 g/mol. The fourth-order valence-electron chi connectivity index (χ4n) is 3.36. The number of halogens is 4. The van der Waals surface area contributed by atoms with Crippen LogP contribution in [-0.2, 0) is 17.6 Å². The average Bonchev–Trinajstić information content (AvgIpc) is 3.24. The van der Waals surface area contributed by atoms with Gasteiger partial charge in [0.15, 0.2) is 0 Å². The average molecular weight is 496 g/mol. The highest BCUT2D eigenvalue weighted by Gasteiger charge is 2.31. The minimum atomic E-state index is -4.61. The molecule has 0 fully saturated rings. The van der Waals surface area contributed by atoms with E-state index in [2.05, 4.69) is 10.3 Å². The van der Waals surface area contributed by atoms with Crippen molar-refractivity contribution in [2.45, 2.75) is 12.8 Å². The van der Waals surface area contributed by atoms with E-state index >= 15 is 0 Å². The molecule has 0 aliphatic carbocycles. The third kappa shape index (κ3) is 5.65. The van der Waals surface area contributed by atoms with Gasteiger partial charge in [-0.25, -0.2) is 0 Å². The lowest BCUT2D eigenvalue weighted by Gasteiger charge is -2.11. The van der Waals surface area contributed by atoms with Crippen LogP contribution in [0.25, 0.3) is 17.0 Å². The van der Waals surface area contributed by atoms with E-state index in [1.807, 2.05) is 36.4 Å². The second kappa shape index (κ2) is 9.95. The van der Waals surface area contributed by atoms with Crippen molar-refractivity contribution in [3.8, 4) is 11.8 Å². The molecule has 0 radical (unpaired) electrons. The number of anilines is 1. The molecule has 0 saturated heterocycles. The summed E-state index contributed by atoms with van der Waals surface area (Å²) in [5.74, 6) is -0.297. The Morgan fingerprint density at radius 2 is 1.89 bits per heavy atom. The van der Waals surface area contributed by atoms with Gasteiger partial charge in [-0.3, -0.25) is 4.79 Å². The summed E-state index contributed by atoms with van der Waals surface area (Å²) in [7, 11) is 0. The van der Waals surface area contributed by atoms with Gasteiger partial charge >= 0.3 is 6.18 Å². The zero-order valence-electron chi connectivity index (χ0n) is 18.0. The predicted octanol–water partition coefficient (Wildman–Crippen LogP) is 6.96. The Morgan fingerprint density at radius 1 is 1.11 bits per heavy atom. The lowest BCUT2D eigenvalue weighted by atomic mass is 10.1. The Bertz CT molecular complexity index is 1450. The van der Waals surface area contributed by atoms with Crippen LogP contribution in [0.2, 0.25) is 5.02 Å². The van der Waals surface area contributed by atoms with Gasteiger partial charge in [0, 0.05) is 22.7 Å². The Labute approximate surface area is 203 Å². The van der Waals surface area contributed by atoms with Crippen molar-refractivity contribution in [3.63, 3.8) is 0 Å². The summed E-state index contributed by atoms with van der Waals surface area (Å²) in [6.45, 7) is 0.367. The minimum Gasteiger partial charge on any atom is -0.489 e. The summed E-state index contributed by atoms with van der Waals surface area (Å²) in [4.78, 5) is 15.7. The van der Waals surface area contributed by atoms with Crippen LogP contribution in [0.4, 0.5) is 18.9 Å². The topological polar surface area (TPSA) is 77.9 Å². The third-order valence-electron chi connectivity index (χ3n) is 5.14. The standard InChI is InChI=1S/C26H17ClF3N3O2/c27-22-8-6-19(26(28,29)30)11-24(22)33-25(34)17(13-31)10-18-14-32-23-9-7-20(12-21(18)23)35-15-16-4-2-1-3-5-16/h1-12,14,32H,15H2,(H,33,34)/b17-10+. The van der Waals surface area contributed by atoms with Crippen molar-refractivity contribution in [2.24, 2.45) is 0 Å². The maximum absolute atomic E-state index is 13.0. The molecule has 4 aromatic rings. The largest absolute Gasteiger partial charge is 0.489 e. The van der Waals surface area contributed by atoms with Crippen LogP contribution < -0.4 is 10.1 Å². The molecule has 35 heavy (non-hydrogen) atoms. The van der Waals surface area contributed by atoms with Gasteiger partial charge in [-0.1, -0.05) is 41.9 Å². The summed E-state index contributed by atoms with van der Waals surface area (Å²) < 4.78 is 44.9. The molecule has 0 atom stereocenters. The number of amides is 1.